The number of anilines is 1. The van der Waals surface area contributed by atoms with Crippen molar-refractivity contribution in [2.45, 2.75) is 13.3 Å². The second-order valence-electron chi connectivity index (χ2n) is 3.64. The molecule has 0 fully saturated rings. The van der Waals surface area contributed by atoms with Crippen LogP contribution in [-0.4, -0.2) is 16.1 Å². The first-order valence-electron chi connectivity index (χ1n) is 5.45. The predicted octanol–water partition coefficient (Wildman–Crippen LogP) is 3.49. The van der Waals surface area contributed by atoms with Gasteiger partial charge in [-0.15, -0.1) is 0 Å². The Morgan fingerprint density at radius 2 is 2.29 bits per heavy atom. The summed E-state index contributed by atoms with van der Waals surface area (Å²) < 4.78 is 14.9. The average Bonchev–Trinajstić information content (AvgIpc) is 2.77. The third-order valence-corrected chi connectivity index (χ3v) is 2.66. The van der Waals surface area contributed by atoms with Crippen molar-refractivity contribution in [3.05, 3.63) is 41.4 Å². The summed E-state index contributed by atoms with van der Waals surface area (Å²) in [5.74, 6) is 0.346. The first kappa shape index (κ1) is 11.9. The number of imidazole rings is 1. The van der Waals surface area contributed by atoms with Crippen molar-refractivity contribution < 1.29 is 4.39 Å². The Hall–Kier alpha value is -1.55. The lowest BCUT2D eigenvalue weighted by atomic mass is 10.3. The van der Waals surface area contributed by atoms with Gasteiger partial charge in [-0.05, 0) is 24.6 Å². The van der Waals surface area contributed by atoms with Gasteiger partial charge in [-0.25, -0.2) is 9.37 Å². The van der Waals surface area contributed by atoms with Crippen molar-refractivity contribution in [1.82, 2.24) is 9.55 Å². The van der Waals surface area contributed by atoms with Gasteiger partial charge in [0.1, 0.15) is 5.82 Å². The first-order valence-corrected chi connectivity index (χ1v) is 5.83. The van der Waals surface area contributed by atoms with Crippen LogP contribution in [0.25, 0.3) is 5.69 Å². The summed E-state index contributed by atoms with van der Waals surface area (Å²) in [5, 5.41) is 3.65. The van der Waals surface area contributed by atoms with Gasteiger partial charge in [0, 0.05) is 18.9 Å². The molecule has 1 aromatic heterocycles. The van der Waals surface area contributed by atoms with Crippen LogP contribution in [0.5, 0.6) is 0 Å². The fraction of sp³-hybridized carbons (Fsp3) is 0.250. The summed E-state index contributed by atoms with van der Waals surface area (Å²) in [6.07, 6.45) is 4.39. The maximum atomic E-state index is 13.2. The Morgan fingerprint density at radius 3 is 3.06 bits per heavy atom. The predicted molar refractivity (Wildman–Crippen MR) is 67.3 cm³/mol. The van der Waals surface area contributed by atoms with Crippen LogP contribution in [0.2, 0.25) is 5.02 Å². The summed E-state index contributed by atoms with van der Waals surface area (Å²) in [4.78, 5) is 4.17. The minimum atomic E-state index is -0.320. The quantitative estimate of drug-likeness (QED) is 0.904. The lowest BCUT2D eigenvalue weighted by Crippen LogP contribution is -2.07. The van der Waals surface area contributed by atoms with Crippen LogP contribution >= 0.6 is 11.6 Å². The van der Waals surface area contributed by atoms with E-state index >= 15 is 0 Å². The third-order valence-electron chi connectivity index (χ3n) is 2.34. The summed E-state index contributed by atoms with van der Waals surface area (Å²) in [7, 11) is 0. The summed E-state index contributed by atoms with van der Waals surface area (Å²) >= 11 is 6.05. The van der Waals surface area contributed by atoms with Crippen molar-refractivity contribution in [2.75, 3.05) is 11.9 Å². The SMILES string of the molecule is CCCNc1nccn1-c1cc(F)ccc1Cl. The van der Waals surface area contributed by atoms with Gasteiger partial charge in [-0.3, -0.25) is 4.57 Å². The van der Waals surface area contributed by atoms with E-state index in [-0.39, 0.29) is 5.82 Å². The van der Waals surface area contributed by atoms with E-state index in [9.17, 15) is 4.39 Å². The standard InChI is InChI=1S/C12H13ClFN3/c1-2-5-15-12-16-6-7-17(12)11-8-9(14)3-4-10(11)13/h3-4,6-8H,2,5H2,1H3,(H,15,16). The number of hydrogen-bond donors (Lipinski definition) is 1. The highest BCUT2D eigenvalue weighted by molar-refractivity contribution is 6.32. The molecular formula is C12H13ClFN3. The van der Waals surface area contributed by atoms with Crippen molar-refractivity contribution >= 4 is 17.5 Å². The van der Waals surface area contributed by atoms with Gasteiger partial charge < -0.3 is 5.32 Å². The minimum Gasteiger partial charge on any atom is -0.355 e. The molecule has 0 saturated heterocycles. The van der Waals surface area contributed by atoms with Gasteiger partial charge >= 0.3 is 0 Å². The molecule has 17 heavy (non-hydrogen) atoms. The molecule has 0 unspecified atom stereocenters. The number of benzene rings is 1. The van der Waals surface area contributed by atoms with E-state index in [1.165, 1.54) is 18.2 Å². The molecule has 0 spiro atoms. The number of aromatic nitrogens is 2. The van der Waals surface area contributed by atoms with Crippen molar-refractivity contribution in [1.29, 1.82) is 0 Å². The molecule has 0 bridgehead atoms. The normalized spacial score (nSPS) is 10.5. The number of hydrogen-bond acceptors (Lipinski definition) is 2. The summed E-state index contributed by atoms with van der Waals surface area (Å²) in [6, 6.07) is 4.26. The molecule has 0 aliphatic rings. The summed E-state index contributed by atoms with van der Waals surface area (Å²) in [6.45, 7) is 2.87. The van der Waals surface area contributed by atoms with Crippen LogP contribution in [0.4, 0.5) is 10.3 Å². The van der Waals surface area contributed by atoms with E-state index in [1.54, 1.807) is 17.0 Å². The van der Waals surface area contributed by atoms with Crippen molar-refractivity contribution in [3.63, 3.8) is 0 Å². The molecule has 0 atom stereocenters. The van der Waals surface area contributed by atoms with Crippen LogP contribution in [0.1, 0.15) is 13.3 Å². The Labute approximate surface area is 104 Å². The fourth-order valence-electron chi connectivity index (χ4n) is 1.54. The minimum absolute atomic E-state index is 0.320. The number of rotatable bonds is 4. The molecule has 1 aromatic carbocycles. The van der Waals surface area contributed by atoms with E-state index in [4.69, 9.17) is 11.6 Å². The second-order valence-corrected chi connectivity index (χ2v) is 4.05. The second kappa shape index (κ2) is 5.19. The van der Waals surface area contributed by atoms with E-state index in [0.717, 1.165) is 13.0 Å². The molecule has 3 nitrogen and oxygen atoms in total. The number of nitrogens with zero attached hydrogens (tertiary/aromatic N) is 2. The zero-order chi connectivity index (χ0) is 12.3. The Morgan fingerprint density at radius 1 is 1.47 bits per heavy atom. The maximum absolute atomic E-state index is 13.2. The number of halogens is 2. The molecule has 1 N–H and O–H groups in total. The molecular weight excluding hydrogens is 241 g/mol. The zero-order valence-electron chi connectivity index (χ0n) is 9.45. The summed E-state index contributed by atoms with van der Waals surface area (Å²) in [5.41, 5.74) is 0.586. The molecule has 0 amide bonds. The van der Waals surface area contributed by atoms with Crippen LogP contribution in [-0.2, 0) is 0 Å². The highest BCUT2D eigenvalue weighted by atomic mass is 35.5. The molecule has 2 aromatic rings. The fourth-order valence-corrected chi connectivity index (χ4v) is 1.74. The highest BCUT2D eigenvalue weighted by Crippen LogP contribution is 2.24. The van der Waals surface area contributed by atoms with E-state index < -0.39 is 0 Å². The van der Waals surface area contributed by atoms with Crippen LogP contribution in [0.15, 0.2) is 30.6 Å². The largest absolute Gasteiger partial charge is 0.355 e. The Bertz CT molecular complexity index is 510. The molecule has 0 radical (unpaired) electrons. The molecule has 0 saturated carbocycles. The molecule has 5 heteroatoms. The molecule has 90 valence electrons. The van der Waals surface area contributed by atoms with Gasteiger partial charge in [0.15, 0.2) is 0 Å². The lowest BCUT2D eigenvalue weighted by Gasteiger charge is -2.10. The molecule has 0 aliphatic heterocycles. The van der Waals surface area contributed by atoms with Crippen LogP contribution in [0, 0.1) is 5.82 Å². The number of nitrogens with one attached hydrogen (secondary N) is 1. The van der Waals surface area contributed by atoms with E-state index in [0.29, 0.717) is 16.7 Å². The third kappa shape index (κ3) is 2.58. The van der Waals surface area contributed by atoms with E-state index in [1.807, 2.05) is 0 Å². The van der Waals surface area contributed by atoms with Crippen molar-refractivity contribution in [3.8, 4) is 5.69 Å². The topological polar surface area (TPSA) is 29.9 Å². The first-order chi connectivity index (χ1) is 8.22. The van der Waals surface area contributed by atoms with Gasteiger partial charge in [0.05, 0.1) is 10.7 Å². The molecule has 0 aliphatic carbocycles. The zero-order valence-corrected chi connectivity index (χ0v) is 10.2. The van der Waals surface area contributed by atoms with Crippen molar-refractivity contribution in [2.24, 2.45) is 0 Å². The van der Waals surface area contributed by atoms with Gasteiger partial charge in [-0.1, -0.05) is 18.5 Å². The van der Waals surface area contributed by atoms with Crippen LogP contribution < -0.4 is 5.32 Å². The molecule has 2 rings (SSSR count). The average molecular weight is 254 g/mol. The smallest absolute Gasteiger partial charge is 0.207 e. The maximum Gasteiger partial charge on any atom is 0.207 e. The van der Waals surface area contributed by atoms with Gasteiger partial charge in [0.25, 0.3) is 0 Å². The Balaban J connectivity index is 2.38. The monoisotopic (exact) mass is 253 g/mol. The lowest BCUT2D eigenvalue weighted by molar-refractivity contribution is 0.626. The molecule has 1 heterocycles. The highest BCUT2D eigenvalue weighted by Gasteiger charge is 2.08. The van der Waals surface area contributed by atoms with Gasteiger partial charge in [0.2, 0.25) is 5.95 Å². The van der Waals surface area contributed by atoms with Crippen LogP contribution in [0.3, 0.4) is 0 Å². The van der Waals surface area contributed by atoms with E-state index in [2.05, 4.69) is 17.2 Å². The Kier molecular flexibility index (Phi) is 3.64. The van der Waals surface area contributed by atoms with Gasteiger partial charge in [-0.2, -0.15) is 0 Å².